The number of piperazine rings is 1. The van der Waals surface area contributed by atoms with Crippen LogP contribution in [0.25, 0.3) is 0 Å². The Hall–Kier alpha value is -0.900. The fraction of sp³-hybridized carbons (Fsp3) is 0.625. The van der Waals surface area contributed by atoms with Gasteiger partial charge in [-0.05, 0) is 24.5 Å². The average Bonchev–Trinajstić information content (AvgIpc) is 2.46. The van der Waals surface area contributed by atoms with Crippen molar-refractivity contribution in [3.63, 3.8) is 0 Å². The first-order chi connectivity index (χ1) is 9.26. The van der Waals surface area contributed by atoms with Gasteiger partial charge in [0.05, 0.1) is 12.6 Å². The maximum atomic E-state index is 5.45. The highest BCUT2D eigenvalue weighted by atomic mass is 16.5. The van der Waals surface area contributed by atoms with Crippen LogP contribution in [-0.4, -0.2) is 44.3 Å². The summed E-state index contributed by atoms with van der Waals surface area (Å²) in [5.74, 6) is 0. The van der Waals surface area contributed by atoms with Crippen LogP contribution in [-0.2, 0) is 11.2 Å². The lowest BCUT2D eigenvalue weighted by molar-refractivity contribution is 0.0522. The van der Waals surface area contributed by atoms with Crippen molar-refractivity contribution >= 4 is 0 Å². The van der Waals surface area contributed by atoms with Crippen molar-refractivity contribution in [3.05, 3.63) is 35.4 Å². The van der Waals surface area contributed by atoms with Gasteiger partial charge >= 0.3 is 0 Å². The van der Waals surface area contributed by atoms with Crippen LogP contribution < -0.4 is 5.32 Å². The molecule has 19 heavy (non-hydrogen) atoms. The molecule has 1 aromatic carbocycles. The second-order valence-electron chi connectivity index (χ2n) is 5.36. The Morgan fingerprint density at radius 1 is 1.37 bits per heavy atom. The minimum Gasteiger partial charge on any atom is -0.383 e. The fourth-order valence-electron chi connectivity index (χ4n) is 2.84. The van der Waals surface area contributed by atoms with Gasteiger partial charge in [-0.1, -0.05) is 31.2 Å². The average molecular weight is 262 g/mol. The van der Waals surface area contributed by atoms with E-state index in [9.17, 15) is 0 Å². The molecule has 0 unspecified atom stereocenters. The van der Waals surface area contributed by atoms with Gasteiger partial charge in [-0.15, -0.1) is 0 Å². The van der Waals surface area contributed by atoms with Crippen molar-refractivity contribution < 1.29 is 4.74 Å². The van der Waals surface area contributed by atoms with E-state index in [2.05, 4.69) is 48.3 Å². The summed E-state index contributed by atoms with van der Waals surface area (Å²) in [5.41, 5.74) is 2.76. The standard InChI is InChI=1S/C16H26N2O/c1-4-14-5-7-15(8-6-14)16(12-19-3)18-10-9-17-11-13(18)2/h5-8,13,16-17H,4,9-12H2,1-3H3/t13-,16-/m0/s1. The summed E-state index contributed by atoms with van der Waals surface area (Å²) in [6.07, 6.45) is 1.10. The quantitative estimate of drug-likeness (QED) is 0.880. The normalized spacial score (nSPS) is 22.4. The van der Waals surface area contributed by atoms with Gasteiger partial charge in [0, 0.05) is 32.8 Å². The number of aryl methyl sites for hydroxylation is 1. The number of methoxy groups -OCH3 is 1. The highest BCUT2D eigenvalue weighted by Crippen LogP contribution is 2.24. The molecule has 1 fully saturated rings. The largest absolute Gasteiger partial charge is 0.383 e. The van der Waals surface area contributed by atoms with Gasteiger partial charge in [-0.3, -0.25) is 4.90 Å². The van der Waals surface area contributed by atoms with E-state index in [-0.39, 0.29) is 0 Å². The van der Waals surface area contributed by atoms with Crippen molar-refractivity contribution in [1.29, 1.82) is 0 Å². The number of ether oxygens (including phenoxy) is 1. The number of benzene rings is 1. The summed E-state index contributed by atoms with van der Waals surface area (Å²) in [7, 11) is 1.79. The third-order valence-electron chi connectivity index (χ3n) is 4.05. The molecule has 0 spiro atoms. The van der Waals surface area contributed by atoms with Gasteiger partial charge in [-0.2, -0.15) is 0 Å². The Morgan fingerprint density at radius 2 is 2.11 bits per heavy atom. The van der Waals surface area contributed by atoms with E-state index in [1.54, 1.807) is 7.11 Å². The second kappa shape index (κ2) is 7.04. The number of hydrogen-bond acceptors (Lipinski definition) is 3. The minimum absolute atomic E-state index is 0.369. The summed E-state index contributed by atoms with van der Waals surface area (Å²) in [4.78, 5) is 2.56. The number of nitrogens with zero attached hydrogens (tertiary/aromatic N) is 1. The van der Waals surface area contributed by atoms with E-state index in [4.69, 9.17) is 4.74 Å². The lowest BCUT2D eigenvalue weighted by atomic mass is 10.0. The van der Waals surface area contributed by atoms with Crippen LogP contribution in [0, 0.1) is 0 Å². The van der Waals surface area contributed by atoms with Crippen LogP contribution in [0.15, 0.2) is 24.3 Å². The molecular weight excluding hydrogens is 236 g/mol. The molecule has 1 saturated heterocycles. The van der Waals surface area contributed by atoms with Gasteiger partial charge in [-0.25, -0.2) is 0 Å². The molecule has 1 aromatic rings. The van der Waals surface area contributed by atoms with Crippen molar-refractivity contribution in [2.75, 3.05) is 33.4 Å². The monoisotopic (exact) mass is 262 g/mol. The predicted molar refractivity (Wildman–Crippen MR) is 79.5 cm³/mol. The fourth-order valence-corrected chi connectivity index (χ4v) is 2.84. The zero-order valence-electron chi connectivity index (χ0n) is 12.4. The van der Waals surface area contributed by atoms with Gasteiger partial charge in [0.15, 0.2) is 0 Å². The van der Waals surface area contributed by atoms with E-state index < -0.39 is 0 Å². The van der Waals surface area contributed by atoms with Gasteiger partial charge in [0.1, 0.15) is 0 Å². The van der Waals surface area contributed by atoms with Crippen LogP contribution >= 0.6 is 0 Å². The van der Waals surface area contributed by atoms with Crippen LogP contribution in [0.1, 0.15) is 31.0 Å². The molecule has 1 aliphatic rings. The molecule has 0 amide bonds. The summed E-state index contributed by atoms with van der Waals surface area (Å²) in [6, 6.07) is 9.93. The van der Waals surface area contributed by atoms with Crippen molar-refractivity contribution in [2.45, 2.75) is 32.4 Å². The molecule has 0 radical (unpaired) electrons. The number of rotatable bonds is 5. The molecule has 106 valence electrons. The molecular formula is C16H26N2O. The third kappa shape index (κ3) is 3.56. The van der Waals surface area contributed by atoms with Gasteiger partial charge in [0.2, 0.25) is 0 Å². The Kier molecular flexibility index (Phi) is 5.37. The van der Waals surface area contributed by atoms with Crippen LogP contribution in [0.5, 0.6) is 0 Å². The Labute approximate surface area is 116 Å². The van der Waals surface area contributed by atoms with Gasteiger partial charge in [0.25, 0.3) is 0 Å². The number of nitrogens with one attached hydrogen (secondary N) is 1. The number of hydrogen-bond donors (Lipinski definition) is 1. The van der Waals surface area contributed by atoms with E-state index >= 15 is 0 Å². The summed E-state index contributed by atoms with van der Waals surface area (Å²) < 4.78 is 5.45. The summed E-state index contributed by atoms with van der Waals surface area (Å²) >= 11 is 0. The van der Waals surface area contributed by atoms with Crippen molar-refractivity contribution in [1.82, 2.24) is 10.2 Å². The zero-order chi connectivity index (χ0) is 13.7. The van der Waals surface area contributed by atoms with E-state index in [0.29, 0.717) is 12.1 Å². The summed E-state index contributed by atoms with van der Waals surface area (Å²) in [5, 5.41) is 3.45. The Balaban J connectivity index is 2.17. The minimum atomic E-state index is 0.369. The lowest BCUT2D eigenvalue weighted by Crippen LogP contribution is -2.51. The first-order valence-electron chi connectivity index (χ1n) is 7.30. The highest BCUT2D eigenvalue weighted by Gasteiger charge is 2.26. The summed E-state index contributed by atoms with van der Waals surface area (Å²) in [6.45, 7) is 8.46. The molecule has 2 rings (SSSR count). The SMILES string of the molecule is CCc1ccc([C@H](COC)N2CCNC[C@@H]2C)cc1. The molecule has 1 aliphatic heterocycles. The molecule has 1 heterocycles. The van der Waals surface area contributed by atoms with Crippen LogP contribution in [0.4, 0.5) is 0 Å². The molecule has 2 atom stereocenters. The van der Waals surface area contributed by atoms with Crippen LogP contribution in [0.3, 0.4) is 0 Å². The molecule has 0 saturated carbocycles. The molecule has 0 aliphatic carbocycles. The zero-order valence-corrected chi connectivity index (χ0v) is 12.4. The van der Waals surface area contributed by atoms with Crippen molar-refractivity contribution in [3.8, 4) is 0 Å². The topological polar surface area (TPSA) is 24.5 Å². The predicted octanol–water partition coefficient (Wildman–Crippen LogP) is 2.23. The third-order valence-corrected chi connectivity index (χ3v) is 4.05. The first-order valence-corrected chi connectivity index (χ1v) is 7.30. The van der Waals surface area contributed by atoms with E-state index in [0.717, 1.165) is 32.7 Å². The second-order valence-corrected chi connectivity index (χ2v) is 5.36. The molecule has 3 nitrogen and oxygen atoms in total. The Bertz CT molecular complexity index is 377. The van der Waals surface area contributed by atoms with Crippen molar-refractivity contribution in [2.24, 2.45) is 0 Å². The molecule has 0 bridgehead atoms. The smallest absolute Gasteiger partial charge is 0.0659 e. The Morgan fingerprint density at radius 3 is 2.68 bits per heavy atom. The van der Waals surface area contributed by atoms with Gasteiger partial charge < -0.3 is 10.1 Å². The maximum Gasteiger partial charge on any atom is 0.0659 e. The molecule has 0 aromatic heterocycles. The lowest BCUT2D eigenvalue weighted by Gasteiger charge is -2.40. The first kappa shape index (κ1) is 14.5. The maximum absolute atomic E-state index is 5.45. The molecule has 3 heteroatoms. The van der Waals surface area contributed by atoms with E-state index in [1.165, 1.54) is 11.1 Å². The molecule has 1 N–H and O–H groups in total. The van der Waals surface area contributed by atoms with E-state index in [1.807, 2.05) is 0 Å². The highest BCUT2D eigenvalue weighted by molar-refractivity contribution is 5.25. The van der Waals surface area contributed by atoms with Crippen LogP contribution in [0.2, 0.25) is 0 Å².